The Morgan fingerprint density at radius 3 is 1.65 bits per heavy atom. The normalized spacial score (nSPS) is 16.2. The lowest BCUT2D eigenvalue weighted by molar-refractivity contribution is -0.115. The van der Waals surface area contributed by atoms with Crippen LogP contribution in [0.25, 0.3) is 0 Å². The third-order valence-corrected chi connectivity index (χ3v) is 4.53. The van der Waals surface area contributed by atoms with Crippen molar-refractivity contribution in [2.75, 3.05) is 14.2 Å². The van der Waals surface area contributed by atoms with E-state index in [1.807, 2.05) is 30.3 Å². The predicted molar refractivity (Wildman–Crippen MR) is 90.1 cm³/mol. The Balaban J connectivity index is 2.09. The number of hydrogen-bond donors (Lipinski definition) is 0. The van der Waals surface area contributed by atoms with Crippen molar-refractivity contribution in [3.63, 3.8) is 0 Å². The van der Waals surface area contributed by atoms with Crippen molar-refractivity contribution in [2.24, 2.45) is 0 Å². The van der Waals surface area contributed by atoms with Crippen LogP contribution in [0.5, 0.6) is 11.5 Å². The summed E-state index contributed by atoms with van der Waals surface area (Å²) in [6.07, 6.45) is 5.05. The Hall–Kier alpha value is -2.55. The number of hydrogen-bond acceptors (Lipinski definition) is 3. The topological polar surface area (TPSA) is 35.5 Å². The minimum Gasteiger partial charge on any atom is -0.497 e. The molecule has 0 unspecified atom stereocenters. The lowest BCUT2D eigenvalue weighted by Crippen LogP contribution is -2.29. The van der Waals surface area contributed by atoms with Crippen molar-refractivity contribution >= 4 is 5.78 Å². The number of ketones is 1. The molecule has 0 N–H and O–H groups in total. The van der Waals surface area contributed by atoms with Crippen molar-refractivity contribution in [2.45, 2.75) is 18.3 Å². The van der Waals surface area contributed by atoms with Gasteiger partial charge >= 0.3 is 0 Å². The van der Waals surface area contributed by atoms with E-state index in [0.29, 0.717) is 6.42 Å². The van der Waals surface area contributed by atoms with Gasteiger partial charge < -0.3 is 9.47 Å². The Morgan fingerprint density at radius 1 is 0.826 bits per heavy atom. The van der Waals surface area contributed by atoms with Crippen LogP contribution < -0.4 is 9.47 Å². The Labute approximate surface area is 136 Å². The molecule has 2 aromatic rings. The minimum absolute atomic E-state index is 0.183. The second-order valence-corrected chi connectivity index (χ2v) is 5.73. The van der Waals surface area contributed by atoms with Gasteiger partial charge in [0.15, 0.2) is 5.78 Å². The largest absolute Gasteiger partial charge is 0.497 e. The molecule has 0 saturated carbocycles. The maximum absolute atomic E-state index is 11.7. The number of methoxy groups -OCH3 is 2. The molecule has 2 aromatic carbocycles. The lowest BCUT2D eigenvalue weighted by atomic mass is 9.68. The summed E-state index contributed by atoms with van der Waals surface area (Å²) < 4.78 is 10.5. The van der Waals surface area contributed by atoms with E-state index in [4.69, 9.17) is 9.47 Å². The quantitative estimate of drug-likeness (QED) is 0.859. The molecule has 1 aliphatic carbocycles. The first kappa shape index (κ1) is 15.3. The van der Waals surface area contributed by atoms with Crippen LogP contribution in [-0.4, -0.2) is 20.0 Å². The minimum atomic E-state index is -0.285. The smallest absolute Gasteiger partial charge is 0.155 e. The van der Waals surface area contributed by atoms with Gasteiger partial charge in [0.1, 0.15) is 11.5 Å². The molecular formula is C20H20O3. The van der Waals surface area contributed by atoms with E-state index in [2.05, 4.69) is 24.3 Å². The molecule has 0 heterocycles. The molecule has 0 spiro atoms. The van der Waals surface area contributed by atoms with Gasteiger partial charge in [0, 0.05) is 11.8 Å². The van der Waals surface area contributed by atoms with Crippen LogP contribution in [0.4, 0.5) is 0 Å². The van der Waals surface area contributed by atoms with Crippen molar-refractivity contribution in [1.82, 2.24) is 0 Å². The fourth-order valence-electron chi connectivity index (χ4n) is 3.15. The number of benzene rings is 2. The molecule has 0 bridgehead atoms. The second-order valence-electron chi connectivity index (χ2n) is 5.73. The Morgan fingerprint density at radius 2 is 1.30 bits per heavy atom. The molecule has 118 valence electrons. The molecule has 3 nitrogen and oxygen atoms in total. The Kier molecular flexibility index (Phi) is 4.20. The van der Waals surface area contributed by atoms with E-state index >= 15 is 0 Å². The summed E-state index contributed by atoms with van der Waals surface area (Å²) in [7, 11) is 3.32. The first-order chi connectivity index (χ1) is 11.2. The van der Waals surface area contributed by atoms with Crippen molar-refractivity contribution in [1.29, 1.82) is 0 Å². The van der Waals surface area contributed by atoms with Gasteiger partial charge in [-0.05, 0) is 47.9 Å². The molecule has 0 amide bonds. The molecule has 0 fully saturated rings. The summed E-state index contributed by atoms with van der Waals surface area (Å²) in [6, 6.07) is 16.1. The van der Waals surface area contributed by atoms with Gasteiger partial charge in [-0.15, -0.1) is 0 Å². The average Bonchev–Trinajstić information content (AvgIpc) is 2.63. The maximum atomic E-state index is 11.7. The van der Waals surface area contributed by atoms with E-state index < -0.39 is 0 Å². The molecule has 3 heteroatoms. The summed E-state index contributed by atoms with van der Waals surface area (Å²) in [5.74, 6) is 1.84. The summed E-state index contributed by atoms with van der Waals surface area (Å²) in [6.45, 7) is 0. The van der Waals surface area contributed by atoms with Gasteiger partial charge in [-0.25, -0.2) is 0 Å². The number of ether oxygens (including phenoxy) is 2. The zero-order valence-electron chi connectivity index (χ0n) is 13.4. The van der Waals surface area contributed by atoms with Gasteiger partial charge in [-0.3, -0.25) is 4.79 Å². The zero-order chi connectivity index (χ0) is 16.3. The number of allylic oxidation sites excluding steroid dienone is 2. The summed E-state index contributed by atoms with van der Waals surface area (Å²) in [5, 5.41) is 0. The number of carbonyl (C=O) groups excluding carboxylic acids is 1. The van der Waals surface area contributed by atoms with Crippen LogP contribution in [0.3, 0.4) is 0 Å². The van der Waals surface area contributed by atoms with Gasteiger partial charge in [0.25, 0.3) is 0 Å². The summed E-state index contributed by atoms with van der Waals surface area (Å²) in [5.41, 5.74) is 2.03. The van der Waals surface area contributed by atoms with Gasteiger partial charge in [0.05, 0.1) is 14.2 Å². The highest BCUT2D eigenvalue weighted by Crippen LogP contribution is 2.41. The van der Waals surface area contributed by atoms with Crippen molar-refractivity contribution in [3.05, 3.63) is 71.8 Å². The highest BCUT2D eigenvalue weighted by atomic mass is 16.5. The standard InChI is InChI=1S/C20H20O3/c1-22-18-7-3-15(4-8-18)20(13-11-17(21)12-14-20)16-5-9-19(23-2)10-6-16/h3-11,13H,12,14H2,1-2H3. The fourth-order valence-corrected chi connectivity index (χ4v) is 3.15. The number of carbonyl (C=O) groups is 1. The van der Waals surface area contributed by atoms with Crippen LogP contribution >= 0.6 is 0 Å². The Bertz CT molecular complexity index is 664. The molecule has 0 aliphatic heterocycles. The third-order valence-electron chi connectivity index (χ3n) is 4.53. The first-order valence-corrected chi connectivity index (χ1v) is 7.69. The van der Waals surface area contributed by atoms with Crippen LogP contribution in [-0.2, 0) is 10.2 Å². The van der Waals surface area contributed by atoms with Crippen LogP contribution in [0.2, 0.25) is 0 Å². The van der Waals surface area contributed by atoms with Gasteiger partial charge in [-0.1, -0.05) is 30.3 Å². The van der Waals surface area contributed by atoms with E-state index in [-0.39, 0.29) is 11.2 Å². The molecular weight excluding hydrogens is 288 g/mol. The first-order valence-electron chi connectivity index (χ1n) is 7.69. The van der Waals surface area contributed by atoms with E-state index in [9.17, 15) is 4.79 Å². The molecule has 1 aliphatic rings. The highest BCUT2D eigenvalue weighted by molar-refractivity contribution is 5.91. The average molecular weight is 308 g/mol. The van der Waals surface area contributed by atoms with Crippen molar-refractivity contribution < 1.29 is 14.3 Å². The second kappa shape index (κ2) is 6.29. The molecule has 3 rings (SSSR count). The maximum Gasteiger partial charge on any atom is 0.155 e. The SMILES string of the molecule is COc1ccc(C2(c3ccc(OC)cc3)C=CC(=O)CC2)cc1. The van der Waals surface area contributed by atoms with Gasteiger partial charge in [0.2, 0.25) is 0 Å². The summed E-state index contributed by atoms with van der Waals surface area (Å²) in [4.78, 5) is 11.7. The molecule has 23 heavy (non-hydrogen) atoms. The lowest BCUT2D eigenvalue weighted by Gasteiger charge is -2.34. The zero-order valence-corrected chi connectivity index (χ0v) is 13.4. The van der Waals surface area contributed by atoms with Crippen LogP contribution in [0.15, 0.2) is 60.7 Å². The monoisotopic (exact) mass is 308 g/mol. The predicted octanol–water partition coefficient (Wildman–Crippen LogP) is 3.91. The highest BCUT2D eigenvalue weighted by Gasteiger charge is 2.34. The summed E-state index contributed by atoms with van der Waals surface area (Å²) >= 11 is 0. The van der Waals surface area contributed by atoms with E-state index in [1.165, 1.54) is 0 Å². The van der Waals surface area contributed by atoms with E-state index in [1.54, 1.807) is 20.3 Å². The molecule has 0 radical (unpaired) electrons. The van der Waals surface area contributed by atoms with E-state index in [0.717, 1.165) is 29.0 Å². The molecule has 0 aromatic heterocycles. The molecule has 0 saturated heterocycles. The van der Waals surface area contributed by atoms with Crippen LogP contribution in [0.1, 0.15) is 24.0 Å². The molecule has 0 atom stereocenters. The van der Waals surface area contributed by atoms with Crippen molar-refractivity contribution in [3.8, 4) is 11.5 Å². The fraction of sp³-hybridized carbons (Fsp3) is 0.250. The third kappa shape index (κ3) is 2.87. The number of rotatable bonds is 4. The van der Waals surface area contributed by atoms with Gasteiger partial charge in [-0.2, -0.15) is 0 Å². The van der Waals surface area contributed by atoms with Crippen LogP contribution in [0, 0.1) is 0 Å².